The summed E-state index contributed by atoms with van der Waals surface area (Å²) >= 11 is 2.95. The molecule has 6 aromatic rings. The molecule has 0 spiro atoms. The molecule has 2 aromatic carbocycles. The topological polar surface area (TPSA) is 204 Å². The third-order valence-corrected chi connectivity index (χ3v) is 13.9. The van der Waals surface area contributed by atoms with E-state index in [1.165, 1.54) is 16.2 Å². The van der Waals surface area contributed by atoms with Gasteiger partial charge < -0.3 is 40.9 Å². The van der Waals surface area contributed by atoms with E-state index in [0.29, 0.717) is 42.7 Å². The first kappa shape index (κ1) is 51.1. The molecule has 5 amide bonds. The molecule has 2 aliphatic rings. The summed E-state index contributed by atoms with van der Waals surface area (Å²) in [6.07, 6.45) is 6.56. The highest BCUT2D eigenvalue weighted by atomic mass is 32.1. The van der Waals surface area contributed by atoms with Crippen molar-refractivity contribution in [1.29, 1.82) is 0 Å². The number of pyridine rings is 2. The summed E-state index contributed by atoms with van der Waals surface area (Å²) in [6.45, 7) is 10.3. The van der Waals surface area contributed by atoms with Crippen molar-refractivity contribution in [3.8, 4) is 0 Å². The van der Waals surface area contributed by atoms with E-state index < -0.39 is 30.3 Å². The molecule has 0 radical (unpaired) electrons. The molecule has 5 heterocycles. The first-order chi connectivity index (χ1) is 33.7. The summed E-state index contributed by atoms with van der Waals surface area (Å²) in [5.41, 5.74) is 6.77. The van der Waals surface area contributed by atoms with Gasteiger partial charge >= 0.3 is 12.1 Å². The molecule has 8 rings (SSSR count). The Bertz CT molecular complexity index is 2660. The summed E-state index contributed by atoms with van der Waals surface area (Å²) in [6, 6.07) is 22.7. The Morgan fingerprint density at radius 1 is 0.886 bits per heavy atom. The number of benzene rings is 2. The monoisotopic (exact) mass is 986 g/mol. The SMILES string of the molecule is CC(C)c1nc(CN(C)C(=O)N[C@H](C(=O)N[C@@H](Cc2ccccc2)C[C@H](O)[C@H](Cc2ccccc2)NC(=O)OCc2cncs2)C(C)C)cs1.Cc1ccnc2c1NC(=O)c1cccnc1N2C1CC1. The molecule has 0 saturated heterocycles. The summed E-state index contributed by atoms with van der Waals surface area (Å²) in [5.74, 6) is 1.12. The lowest BCUT2D eigenvalue weighted by Crippen LogP contribution is -2.55. The van der Waals surface area contributed by atoms with Crippen molar-refractivity contribution in [2.24, 2.45) is 5.92 Å². The van der Waals surface area contributed by atoms with Crippen molar-refractivity contribution in [1.82, 2.24) is 40.8 Å². The van der Waals surface area contributed by atoms with Gasteiger partial charge in [-0.2, -0.15) is 0 Å². The Kier molecular flexibility index (Phi) is 17.7. The fourth-order valence-corrected chi connectivity index (χ4v) is 9.33. The minimum Gasteiger partial charge on any atom is -0.444 e. The van der Waals surface area contributed by atoms with E-state index in [1.54, 1.807) is 48.6 Å². The molecule has 368 valence electrons. The van der Waals surface area contributed by atoms with Crippen molar-refractivity contribution in [2.45, 2.75) is 116 Å². The normalized spacial score (nSPS) is 14.6. The fraction of sp³-hybridized carbons (Fsp3) is 0.385. The van der Waals surface area contributed by atoms with Crippen LogP contribution in [0.15, 0.2) is 108 Å². The van der Waals surface area contributed by atoms with E-state index in [2.05, 4.69) is 60.0 Å². The van der Waals surface area contributed by atoms with Crippen LogP contribution in [0, 0.1) is 12.8 Å². The number of aromatic nitrogens is 4. The molecule has 1 saturated carbocycles. The van der Waals surface area contributed by atoms with Crippen molar-refractivity contribution in [3.63, 3.8) is 0 Å². The van der Waals surface area contributed by atoms with Gasteiger partial charge in [0.05, 0.1) is 51.0 Å². The van der Waals surface area contributed by atoms with Crippen LogP contribution in [0.5, 0.6) is 0 Å². The van der Waals surface area contributed by atoms with E-state index in [9.17, 15) is 24.3 Å². The molecule has 1 aliphatic carbocycles. The predicted octanol–water partition coefficient (Wildman–Crippen LogP) is 8.56. The average molecular weight is 987 g/mol. The van der Waals surface area contributed by atoms with Crippen LogP contribution in [0.1, 0.15) is 95.5 Å². The highest BCUT2D eigenvalue weighted by molar-refractivity contribution is 7.09. The maximum atomic E-state index is 13.9. The highest BCUT2D eigenvalue weighted by Crippen LogP contribution is 2.43. The average Bonchev–Trinajstić information content (AvgIpc) is 3.85. The lowest BCUT2D eigenvalue weighted by Gasteiger charge is -2.30. The number of alkyl carbamates (subject to hydrolysis) is 1. The number of nitrogens with zero attached hydrogens (tertiary/aromatic N) is 6. The number of thiazole rings is 2. The molecule has 18 heteroatoms. The van der Waals surface area contributed by atoms with Crippen LogP contribution >= 0.6 is 22.7 Å². The number of urea groups is 1. The maximum Gasteiger partial charge on any atom is 0.407 e. The Hall–Kier alpha value is -6.76. The molecule has 4 atom stereocenters. The molecule has 0 unspecified atom stereocenters. The number of anilines is 3. The molecule has 1 fully saturated rings. The molecule has 0 bridgehead atoms. The lowest BCUT2D eigenvalue weighted by atomic mass is 9.93. The summed E-state index contributed by atoms with van der Waals surface area (Å²) in [7, 11) is 1.68. The highest BCUT2D eigenvalue weighted by Gasteiger charge is 2.38. The summed E-state index contributed by atoms with van der Waals surface area (Å²) in [5, 5.41) is 26.5. The summed E-state index contributed by atoms with van der Waals surface area (Å²) in [4.78, 5) is 74.4. The van der Waals surface area contributed by atoms with Crippen LogP contribution < -0.4 is 26.2 Å². The first-order valence-corrected chi connectivity index (χ1v) is 25.3. The number of ether oxygens (including phenoxy) is 1. The number of aliphatic hydroxyl groups excluding tert-OH is 1. The number of nitrogens with one attached hydrogen (secondary N) is 4. The number of hydrogen-bond donors (Lipinski definition) is 5. The predicted molar refractivity (Wildman–Crippen MR) is 273 cm³/mol. The second-order valence-corrected chi connectivity index (χ2v) is 20.2. The van der Waals surface area contributed by atoms with Gasteiger partial charge in [0.2, 0.25) is 5.91 Å². The first-order valence-electron chi connectivity index (χ1n) is 23.6. The maximum absolute atomic E-state index is 13.9. The number of hydrogen-bond acceptors (Lipinski definition) is 13. The van der Waals surface area contributed by atoms with Crippen LogP contribution in [0.4, 0.5) is 26.9 Å². The number of aliphatic hydroxyl groups is 1. The quantitative estimate of drug-likeness (QED) is 0.0552. The van der Waals surface area contributed by atoms with Gasteiger partial charge in [0, 0.05) is 49.0 Å². The van der Waals surface area contributed by atoms with Gasteiger partial charge in [-0.25, -0.2) is 24.5 Å². The van der Waals surface area contributed by atoms with Crippen LogP contribution in [0.2, 0.25) is 0 Å². The Labute approximate surface area is 417 Å². The molecule has 70 heavy (non-hydrogen) atoms. The van der Waals surface area contributed by atoms with Gasteiger partial charge in [-0.1, -0.05) is 88.4 Å². The molecule has 1 aliphatic heterocycles. The fourth-order valence-electron chi connectivity index (χ4n) is 7.99. The number of aryl methyl sites for hydroxylation is 1. The second kappa shape index (κ2) is 24.2. The van der Waals surface area contributed by atoms with Gasteiger partial charge in [0.15, 0.2) is 5.82 Å². The van der Waals surface area contributed by atoms with E-state index in [4.69, 9.17) is 4.74 Å². The minimum atomic E-state index is -1.05. The second-order valence-electron chi connectivity index (χ2n) is 18.3. The number of carbonyl (C=O) groups is 4. The van der Waals surface area contributed by atoms with Crippen LogP contribution in [-0.4, -0.2) is 91.2 Å². The van der Waals surface area contributed by atoms with E-state index in [1.807, 2.05) is 98.9 Å². The van der Waals surface area contributed by atoms with Crippen molar-refractivity contribution in [3.05, 3.63) is 146 Å². The molecule has 16 nitrogen and oxygen atoms in total. The molecular formula is C52H62N10O6S2. The third-order valence-electron chi connectivity index (χ3n) is 11.9. The Morgan fingerprint density at radius 3 is 2.23 bits per heavy atom. The zero-order valence-electron chi connectivity index (χ0n) is 40.4. The van der Waals surface area contributed by atoms with E-state index in [-0.39, 0.29) is 36.8 Å². The van der Waals surface area contributed by atoms with Crippen LogP contribution in [0.3, 0.4) is 0 Å². The number of carbonyl (C=O) groups excluding carboxylic acids is 4. The van der Waals surface area contributed by atoms with E-state index in [0.717, 1.165) is 56.6 Å². The van der Waals surface area contributed by atoms with Crippen molar-refractivity contribution >= 4 is 63.9 Å². The van der Waals surface area contributed by atoms with Gasteiger partial charge in [-0.05, 0) is 79.8 Å². The summed E-state index contributed by atoms with van der Waals surface area (Å²) < 4.78 is 5.42. The third kappa shape index (κ3) is 13.9. The lowest BCUT2D eigenvalue weighted by molar-refractivity contribution is -0.124. The van der Waals surface area contributed by atoms with Crippen LogP contribution in [-0.2, 0) is 35.5 Å². The number of rotatable bonds is 18. The number of fused-ring (bicyclic) bond motifs is 2. The molecule has 5 N–H and O–H groups in total. The van der Waals surface area contributed by atoms with Gasteiger partial charge in [-0.3, -0.25) is 14.6 Å². The van der Waals surface area contributed by atoms with Gasteiger partial charge in [0.1, 0.15) is 18.5 Å². The van der Waals surface area contributed by atoms with Crippen molar-refractivity contribution in [2.75, 3.05) is 17.3 Å². The van der Waals surface area contributed by atoms with Gasteiger partial charge in [-0.15, -0.1) is 22.7 Å². The van der Waals surface area contributed by atoms with E-state index >= 15 is 0 Å². The largest absolute Gasteiger partial charge is 0.444 e. The molecule has 4 aromatic heterocycles. The zero-order valence-corrected chi connectivity index (χ0v) is 42.0. The minimum absolute atomic E-state index is 0.0671. The zero-order chi connectivity index (χ0) is 49.7. The van der Waals surface area contributed by atoms with Gasteiger partial charge in [0.25, 0.3) is 5.91 Å². The Morgan fingerprint density at radius 2 is 1.59 bits per heavy atom. The molecular weight excluding hydrogens is 925 g/mol. The Balaban J connectivity index is 0.000000295. The number of amides is 5. The standard InChI is InChI=1S/C37H48N6O5S2.C15H14N4O/c1-24(2)33(42-36(46)43(5)20-29-22-49-35(40-29)25(3)4)34(45)39-28(16-26-12-8-6-9-13-26)18-32(44)31(17-27-14-10-7-11-15-27)41-37(47)48-21-30-19-38-23-50-30;1-9-6-8-17-14-12(9)18-15(20)11-3-2-7-16-13(11)19(14)10-4-5-10/h6-15,19,22-25,28,31-33,44H,16-18,20-21H2,1-5H3,(H,39,45)(H,41,47)(H,42,46);2-3,6-8,10H,4-5H2,1H3,(H,18,20)/t28-,31-,32-,33-;/m0./s1. The van der Waals surface area contributed by atoms with Crippen molar-refractivity contribution < 1.29 is 29.0 Å². The van der Waals surface area contributed by atoms with Crippen LogP contribution in [0.25, 0.3) is 0 Å². The smallest absolute Gasteiger partial charge is 0.407 e.